The van der Waals surface area contributed by atoms with Gasteiger partial charge in [0.2, 0.25) is 0 Å². The summed E-state index contributed by atoms with van der Waals surface area (Å²) in [4.78, 5) is 36.3. The summed E-state index contributed by atoms with van der Waals surface area (Å²) in [6.07, 6.45) is 3.30. The molecule has 6 rings (SSSR count). The third kappa shape index (κ3) is 5.43. The van der Waals surface area contributed by atoms with Crippen LogP contribution in [-0.2, 0) is 23.1 Å². The number of aryl methyl sites for hydroxylation is 1. The van der Waals surface area contributed by atoms with Crippen molar-refractivity contribution in [2.75, 3.05) is 0 Å². The zero-order valence-electron chi connectivity index (χ0n) is 24.0. The van der Waals surface area contributed by atoms with Gasteiger partial charge in [-0.25, -0.2) is 14.6 Å². The number of fused-ring (bicyclic) bond motifs is 2. The van der Waals surface area contributed by atoms with Gasteiger partial charge in [-0.1, -0.05) is 68.8 Å². The summed E-state index contributed by atoms with van der Waals surface area (Å²) < 4.78 is 8.18. The van der Waals surface area contributed by atoms with Gasteiger partial charge >= 0.3 is 0 Å². The lowest BCUT2D eigenvalue weighted by atomic mass is 9.92. The monoisotopic (exact) mass is 557 g/mol. The van der Waals surface area contributed by atoms with E-state index in [0.29, 0.717) is 22.7 Å². The van der Waals surface area contributed by atoms with E-state index in [0.717, 1.165) is 33.4 Å². The fourth-order valence-corrected chi connectivity index (χ4v) is 5.00. The third-order valence-electron chi connectivity index (χ3n) is 7.23. The molecule has 8 nitrogen and oxygen atoms in total. The zero-order valence-corrected chi connectivity index (χ0v) is 24.0. The van der Waals surface area contributed by atoms with Crippen molar-refractivity contribution < 1.29 is 9.53 Å². The summed E-state index contributed by atoms with van der Waals surface area (Å²) in [5.74, 6) is 1.19. The van der Waals surface area contributed by atoms with Crippen molar-refractivity contribution in [3.8, 4) is 17.2 Å². The van der Waals surface area contributed by atoms with E-state index in [2.05, 4.69) is 54.8 Å². The van der Waals surface area contributed by atoms with E-state index >= 15 is 0 Å². The number of hydrogen-bond acceptors (Lipinski definition) is 6. The second kappa shape index (κ2) is 10.7. The summed E-state index contributed by atoms with van der Waals surface area (Å²) in [6, 6.07) is 23.6. The van der Waals surface area contributed by atoms with Gasteiger partial charge in [0, 0.05) is 35.9 Å². The first-order valence-electron chi connectivity index (χ1n) is 13.9. The maximum absolute atomic E-state index is 13.6. The Balaban J connectivity index is 1.30. The number of rotatable bonds is 7. The second-order valence-corrected chi connectivity index (χ2v) is 11.5. The van der Waals surface area contributed by atoms with E-state index in [1.165, 1.54) is 11.8 Å². The third-order valence-corrected chi connectivity index (χ3v) is 7.23. The van der Waals surface area contributed by atoms with Gasteiger partial charge in [0.05, 0.1) is 23.3 Å². The number of Topliss-reactive ketones (excluding diaryl/α,β-unsaturated/α-hetero) is 1. The molecule has 0 saturated heterocycles. The number of ketones is 1. The molecule has 3 aromatic heterocycles. The number of ether oxygens (including phenoxy) is 1. The SMILES string of the molecule is Cc1ccc(-n2nc(C(C)(C)C)cc2CC(=O)Cc2ccc(Oc3ccnc4[nH]c(=O)cnc34)c3ccccc23)cc1. The Labute approximate surface area is 243 Å². The number of nitrogens with zero attached hydrogens (tertiary/aromatic N) is 4. The zero-order chi connectivity index (χ0) is 29.4. The molecule has 0 fully saturated rings. The molecule has 210 valence electrons. The van der Waals surface area contributed by atoms with E-state index in [4.69, 9.17) is 9.84 Å². The first-order valence-corrected chi connectivity index (χ1v) is 13.9. The topological polar surface area (TPSA) is 103 Å². The molecular weight excluding hydrogens is 526 g/mol. The maximum atomic E-state index is 13.6. The average Bonchev–Trinajstić information content (AvgIpc) is 3.39. The van der Waals surface area contributed by atoms with Crippen molar-refractivity contribution in [3.05, 3.63) is 118 Å². The Hall–Kier alpha value is -5.11. The Morgan fingerprint density at radius 2 is 1.67 bits per heavy atom. The van der Waals surface area contributed by atoms with Crippen LogP contribution in [-0.4, -0.2) is 30.5 Å². The number of carbonyl (C=O) groups is 1. The highest BCUT2D eigenvalue weighted by molar-refractivity contribution is 5.95. The van der Waals surface area contributed by atoms with Crippen LogP contribution in [0.15, 0.2) is 90.0 Å². The minimum Gasteiger partial charge on any atom is -0.454 e. The van der Waals surface area contributed by atoms with Crippen LogP contribution in [0.4, 0.5) is 0 Å². The summed E-state index contributed by atoms with van der Waals surface area (Å²) in [7, 11) is 0. The number of hydrogen-bond donors (Lipinski definition) is 1. The molecule has 0 amide bonds. The van der Waals surface area contributed by atoms with Crippen LogP contribution in [0.5, 0.6) is 11.5 Å². The van der Waals surface area contributed by atoms with Gasteiger partial charge in [-0.05, 0) is 42.1 Å². The lowest BCUT2D eigenvalue weighted by molar-refractivity contribution is -0.117. The molecule has 8 heteroatoms. The van der Waals surface area contributed by atoms with Crippen LogP contribution in [0, 0.1) is 6.92 Å². The molecule has 42 heavy (non-hydrogen) atoms. The summed E-state index contributed by atoms with van der Waals surface area (Å²) in [5, 5.41) is 6.70. The molecule has 0 spiro atoms. The summed E-state index contributed by atoms with van der Waals surface area (Å²) >= 11 is 0. The van der Waals surface area contributed by atoms with E-state index < -0.39 is 0 Å². The van der Waals surface area contributed by atoms with Gasteiger partial charge in [0.1, 0.15) is 17.0 Å². The van der Waals surface area contributed by atoms with Gasteiger partial charge in [-0.15, -0.1) is 0 Å². The lowest BCUT2D eigenvalue weighted by Crippen LogP contribution is -2.13. The van der Waals surface area contributed by atoms with Crippen molar-refractivity contribution in [3.63, 3.8) is 0 Å². The summed E-state index contributed by atoms with van der Waals surface area (Å²) in [5.41, 5.74) is 5.17. The Morgan fingerprint density at radius 3 is 2.43 bits per heavy atom. The van der Waals surface area contributed by atoms with Crippen LogP contribution < -0.4 is 10.3 Å². The number of aromatic nitrogens is 5. The molecule has 0 aliphatic carbocycles. The van der Waals surface area contributed by atoms with Gasteiger partial charge in [0.15, 0.2) is 11.4 Å². The number of H-pyrrole nitrogens is 1. The molecule has 0 saturated carbocycles. The highest BCUT2D eigenvalue weighted by atomic mass is 16.5. The van der Waals surface area contributed by atoms with Crippen molar-refractivity contribution in [2.45, 2.75) is 46.0 Å². The van der Waals surface area contributed by atoms with E-state index in [9.17, 15) is 9.59 Å². The largest absolute Gasteiger partial charge is 0.454 e. The molecule has 0 bridgehead atoms. The van der Waals surface area contributed by atoms with Gasteiger partial charge < -0.3 is 9.72 Å². The molecule has 0 radical (unpaired) electrons. The van der Waals surface area contributed by atoms with Crippen LogP contribution >= 0.6 is 0 Å². The minimum absolute atomic E-state index is 0.0934. The molecule has 3 aromatic carbocycles. The van der Waals surface area contributed by atoms with Crippen LogP contribution in [0.1, 0.15) is 43.3 Å². The number of carbonyl (C=O) groups excluding carboxylic acids is 1. The van der Waals surface area contributed by atoms with Crippen LogP contribution in [0.3, 0.4) is 0 Å². The predicted octanol–water partition coefficient (Wildman–Crippen LogP) is 6.41. The number of pyridine rings is 1. The fourth-order valence-electron chi connectivity index (χ4n) is 5.00. The van der Waals surface area contributed by atoms with Gasteiger partial charge in [-0.3, -0.25) is 9.59 Å². The predicted molar refractivity (Wildman–Crippen MR) is 164 cm³/mol. The second-order valence-electron chi connectivity index (χ2n) is 11.5. The van der Waals surface area contributed by atoms with E-state index in [-0.39, 0.29) is 29.6 Å². The van der Waals surface area contributed by atoms with Crippen LogP contribution in [0.25, 0.3) is 27.6 Å². The standard InChI is InChI=1S/C34H31N5O3/c1-21-9-12-23(13-10-21)39-24(19-30(38-39)34(2,3)4)18-25(40)17-22-11-14-28(27-8-6-5-7-26(22)27)42-29-15-16-35-33-32(29)36-20-31(41)37-33/h5-16,19-20H,17-18H2,1-4H3,(H,35,37,41). The minimum atomic E-state index is -0.330. The average molecular weight is 558 g/mol. The van der Waals surface area contributed by atoms with E-state index in [1.54, 1.807) is 12.3 Å². The number of nitrogens with one attached hydrogen (secondary N) is 1. The van der Waals surface area contributed by atoms with Gasteiger partial charge in [0.25, 0.3) is 5.56 Å². The normalized spacial score (nSPS) is 11.7. The molecule has 0 aliphatic rings. The highest BCUT2D eigenvalue weighted by Crippen LogP contribution is 2.34. The fraction of sp³-hybridized carbons (Fsp3) is 0.206. The maximum Gasteiger partial charge on any atom is 0.268 e. The molecule has 0 aliphatic heterocycles. The number of benzene rings is 3. The molecule has 3 heterocycles. The quantitative estimate of drug-likeness (QED) is 0.243. The molecule has 6 aromatic rings. The lowest BCUT2D eigenvalue weighted by Gasteiger charge is -2.14. The van der Waals surface area contributed by atoms with E-state index in [1.807, 2.05) is 59.3 Å². The smallest absolute Gasteiger partial charge is 0.268 e. The molecule has 0 unspecified atom stereocenters. The molecular formula is C34H31N5O3. The Morgan fingerprint density at radius 1 is 0.905 bits per heavy atom. The molecule has 1 N–H and O–H groups in total. The Bertz CT molecular complexity index is 2000. The van der Waals surface area contributed by atoms with Crippen molar-refractivity contribution >= 4 is 27.7 Å². The highest BCUT2D eigenvalue weighted by Gasteiger charge is 2.22. The molecule has 0 atom stereocenters. The van der Waals surface area contributed by atoms with Gasteiger partial charge in [-0.2, -0.15) is 5.10 Å². The Kier molecular flexibility index (Phi) is 6.90. The van der Waals surface area contributed by atoms with Crippen molar-refractivity contribution in [1.82, 2.24) is 24.7 Å². The first kappa shape index (κ1) is 27.1. The first-order chi connectivity index (χ1) is 20.2. The van der Waals surface area contributed by atoms with Crippen molar-refractivity contribution in [1.29, 1.82) is 0 Å². The van der Waals surface area contributed by atoms with Crippen molar-refractivity contribution in [2.24, 2.45) is 0 Å². The number of aromatic amines is 1. The van der Waals surface area contributed by atoms with Crippen LogP contribution in [0.2, 0.25) is 0 Å². The summed E-state index contributed by atoms with van der Waals surface area (Å²) in [6.45, 7) is 8.43.